The van der Waals surface area contributed by atoms with Gasteiger partial charge in [-0.2, -0.15) is 0 Å². The molecule has 0 spiro atoms. The Morgan fingerprint density at radius 2 is 1.85 bits per heavy atom. The highest BCUT2D eigenvalue weighted by molar-refractivity contribution is 5.51. The molecule has 1 atom stereocenters. The number of anilines is 1. The van der Waals surface area contributed by atoms with E-state index in [1.807, 2.05) is 35.2 Å². The normalized spacial score (nSPS) is 19.1. The smallest absolute Gasteiger partial charge is 0.149 e. The van der Waals surface area contributed by atoms with Gasteiger partial charge in [-0.1, -0.05) is 30.3 Å². The van der Waals surface area contributed by atoms with Crippen LogP contribution in [0.15, 0.2) is 48.5 Å². The molecule has 0 bridgehead atoms. The monoisotopic (exact) mass is 274 g/mol. The van der Waals surface area contributed by atoms with Crippen LogP contribution in [0.5, 0.6) is 0 Å². The zero-order valence-corrected chi connectivity index (χ0v) is 11.0. The predicted octanol–water partition coefficient (Wildman–Crippen LogP) is 3.12. The molecule has 0 amide bonds. The molecule has 104 valence electrons. The molecule has 1 N–H and O–H groups in total. The van der Waals surface area contributed by atoms with Gasteiger partial charge in [0.2, 0.25) is 0 Å². The second-order valence-electron chi connectivity index (χ2n) is 4.92. The lowest BCUT2D eigenvalue weighted by molar-refractivity contribution is 0.479. The molecule has 0 saturated carbocycles. The molecule has 2 aromatic carbocycles. The molecule has 1 aliphatic heterocycles. The van der Waals surface area contributed by atoms with Crippen LogP contribution in [0.3, 0.4) is 0 Å². The summed E-state index contributed by atoms with van der Waals surface area (Å²) in [6.45, 7) is 2.24. The summed E-state index contributed by atoms with van der Waals surface area (Å²) in [6, 6.07) is 13.8. The van der Waals surface area contributed by atoms with E-state index < -0.39 is 11.6 Å². The number of rotatable bonds is 2. The van der Waals surface area contributed by atoms with Crippen molar-refractivity contribution in [1.82, 2.24) is 5.32 Å². The zero-order valence-electron chi connectivity index (χ0n) is 11.0. The lowest BCUT2D eigenvalue weighted by Gasteiger charge is -2.38. The fourth-order valence-electron chi connectivity index (χ4n) is 2.68. The SMILES string of the molecule is Fc1ccc(N2CCNCC2c2ccccc2)c(F)c1. The number of piperazine rings is 1. The Morgan fingerprint density at radius 1 is 1.05 bits per heavy atom. The van der Waals surface area contributed by atoms with E-state index in [1.54, 1.807) is 0 Å². The lowest BCUT2D eigenvalue weighted by Crippen LogP contribution is -2.46. The van der Waals surface area contributed by atoms with Gasteiger partial charge in [0.15, 0.2) is 0 Å². The van der Waals surface area contributed by atoms with Gasteiger partial charge in [0, 0.05) is 25.7 Å². The van der Waals surface area contributed by atoms with Crippen LogP contribution >= 0.6 is 0 Å². The highest BCUT2D eigenvalue weighted by Crippen LogP contribution is 2.30. The van der Waals surface area contributed by atoms with Crippen LogP contribution in [0.2, 0.25) is 0 Å². The van der Waals surface area contributed by atoms with Gasteiger partial charge >= 0.3 is 0 Å². The van der Waals surface area contributed by atoms with Gasteiger partial charge in [-0.05, 0) is 17.7 Å². The van der Waals surface area contributed by atoms with Crippen molar-refractivity contribution in [2.75, 3.05) is 24.5 Å². The maximum absolute atomic E-state index is 14.0. The predicted molar refractivity (Wildman–Crippen MR) is 75.8 cm³/mol. The third kappa shape index (κ3) is 2.51. The summed E-state index contributed by atoms with van der Waals surface area (Å²) in [5.74, 6) is -1.05. The Bertz CT molecular complexity index is 586. The van der Waals surface area contributed by atoms with Gasteiger partial charge in [0.05, 0.1) is 11.7 Å². The number of nitrogens with one attached hydrogen (secondary N) is 1. The molecule has 1 unspecified atom stereocenters. The highest BCUT2D eigenvalue weighted by atomic mass is 19.1. The van der Waals surface area contributed by atoms with E-state index in [-0.39, 0.29) is 6.04 Å². The molecule has 2 aromatic rings. The van der Waals surface area contributed by atoms with E-state index in [9.17, 15) is 8.78 Å². The van der Waals surface area contributed by atoms with Crippen LogP contribution in [0.25, 0.3) is 0 Å². The fraction of sp³-hybridized carbons (Fsp3) is 0.250. The molecule has 0 aromatic heterocycles. The number of benzene rings is 2. The van der Waals surface area contributed by atoms with Crippen molar-refractivity contribution >= 4 is 5.69 Å². The first-order chi connectivity index (χ1) is 9.75. The number of nitrogens with zero attached hydrogens (tertiary/aromatic N) is 1. The van der Waals surface area contributed by atoms with Gasteiger partial charge in [-0.25, -0.2) is 8.78 Å². The number of hydrogen-bond donors (Lipinski definition) is 1. The van der Waals surface area contributed by atoms with Gasteiger partial charge in [0.1, 0.15) is 11.6 Å². The van der Waals surface area contributed by atoms with Gasteiger partial charge in [-0.15, -0.1) is 0 Å². The maximum Gasteiger partial charge on any atom is 0.149 e. The first kappa shape index (κ1) is 13.1. The third-order valence-electron chi connectivity index (χ3n) is 3.65. The van der Waals surface area contributed by atoms with Crippen LogP contribution in [-0.4, -0.2) is 19.6 Å². The van der Waals surface area contributed by atoms with Gasteiger partial charge < -0.3 is 10.2 Å². The second kappa shape index (κ2) is 5.59. The van der Waals surface area contributed by atoms with Crippen molar-refractivity contribution in [3.05, 3.63) is 65.7 Å². The minimum absolute atomic E-state index is 0.0601. The molecular weight excluding hydrogens is 258 g/mol. The van der Waals surface area contributed by atoms with Crippen molar-refractivity contribution in [2.45, 2.75) is 6.04 Å². The molecule has 3 rings (SSSR count). The first-order valence-electron chi connectivity index (χ1n) is 6.73. The summed E-state index contributed by atoms with van der Waals surface area (Å²) in [5, 5.41) is 3.33. The van der Waals surface area contributed by atoms with Crippen molar-refractivity contribution in [3.63, 3.8) is 0 Å². The summed E-state index contributed by atoms with van der Waals surface area (Å²) >= 11 is 0. The standard InChI is InChI=1S/C16H16F2N2/c17-13-6-7-15(14(18)10-13)20-9-8-19-11-16(20)12-4-2-1-3-5-12/h1-7,10,16,19H,8-9,11H2. The van der Waals surface area contributed by atoms with E-state index in [2.05, 4.69) is 5.32 Å². The van der Waals surface area contributed by atoms with E-state index in [1.165, 1.54) is 12.1 Å². The van der Waals surface area contributed by atoms with Crippen molar-refractivity contribution in [1.29, 1.82) is 0 Å². The quantitative estimate of drug-likeness (QED) is 0.905. The zero-order chi connectivity index (χ0) is 13.9. The first-order valence-corrected chi connectivity index (χ1v) is 6.73. The van der Waals surface area contributed by atoms with E-state index >= 15 is 0 Å². The van der Waals surface area contributed by atoms with Crippen molar-refractivity contribution < 1.29 is 8.78 Å². The number of halogens is 2. The van der Waals surface area contributed by atoms with Crippen LogP contribution in [0.1, 0.15) is 11.6 Å². The molecule has 4 heteroatoms. The van der Waals surface area contributed by atoms with Crippen LogP contribution in [0.4, 0.5) is 14.5 Å². The van der Waals surface area contributed by atoms with E-state index in [4.69, 9.17) is 0 Å². The van der Waals surface area contributed by atoms with Crippen molar-refractivity contribution in [2.24, 2.45) is 0 Å². The molecule has 2 nitrogen and oxygen atoms in total. The summed E-state index contributed by atoms with van der Waals surface area (Å²) in [4.78, 5) is 2.00. The minimum atomic E-state index is -0.544. The largest absolute Gasteiger partial charge is 0.360 e. The average Bonchev–Trinajstić information content (AvgIpc) is 2.48. The Labute approximate surface area is 117 Å². The van der Waals surface area contributed by atoms with Crippen LogP contribution in [-0.2, 0) is 0 Å². The Hall–Kier alpha value is -1.94. The Kier molecular flexibility index (Phi) is 3.65. The van der Waals surface area contributed by atoms with Crippen LogP contribution in [0, 0.1) is 11.6 Å². The van der Waals surface area contributed by atoms with Gasteiger partial charge in [0.25, 0.3) is 0 Å². The second-order valence-corrected chi connectivity index (χ2v) is 4.92. The molecule has 1 heterocycles. The third-order valence-corrected chi connectivity index (χ3v) is 3.65. The molecule has 0 aliphatic carbocycles. The fourth-order valence-corrected chi connectivity index (χ4v) is 2.68. The van der Waals surface area contributed by atoms with E-state index in [0.29, 0.717) is 12.2 Å². The Balaban J connectivity index is 1.97. The topological polar surface area (TPSA) is 15.3 Å². The van der Waals surface area contributed by atoms with Gasteiger partial charge in [-0.3, -0.25) is 0 Å². The summed E-state index contributed by atoms with van der Waals surface area (Å²) in [6.07, 6.45) is 0. The maximum atomic E-state index is 14.0. The van der Waals surface area contributed by atoms with Crippen LogP contribution < -0.4 is 10.2 Å². The molecule has 1 aliphatic rings. The van der Waals surface area contributed by atoms with Crippen molar-refractivity contribution in [3.8, 4) is 0 Å². The minimum Gasteiger partial charge on any atom is -0.360 e. The summed E-state index contributed by atoms with van der Waals surface area (Å²) < 4.78 is 27.1. The summed E-state index contributed by atoms with van der Waals surface area (Å²) in [7, 11) is 0. The molecule has 1 saturated heterocycles. The van der Waals surface area contributed by atoms with E-state index in [0.717, 1.165) is 24.7 Å². The molecule has 0 radical (unpaired) electrons. The number of hydrogen-bond acceptors (Lipinski definition) is 2. The average molecular weight is 274 g/mol. The lowest BCUT2D eigenvalue weighted by atomic mass is 10.0. The Morgan fingerprint density at radius 3 is 2.60 bits per heavy atom. The molecular formula is C16H16F2N2. The highest BCUT2D eigenvalue weighted by Gasteiger charge is 2.25. The molecule has 1 fully saturated rings. The summed E-state index contributed by atoms with van der Waals surface area (Å²) in [5.41, 5.74) is 1.59. The molecule has 20 heavy (non-hydrogen) atoms.